The molecule has 22 heavy (non-hydrogen) atoms. The summed E-state index contributed by atoms with van der Waals surface area (Å²) in [7, 11) is 0. The molecule has 118 valence electrons. The minimum Gasteiger partial charge on any atom is -0.491 e. The molecule has 3 heteroatoms. The number of aliphatic hydroxyl groups is 1. The molecule has 3 nitrogen and oxygen atoms in total. The Morgan fingerprint density at radius 1 is 1.09 bits per heavy atom. The van der Waals surface area contributed by atoms with E-state index in [9.17, 15) is 5.11 Å². The fraction of sp³-hybridized carbons (Fsp3) is 0.368. The first-order valence-electron chi connectivity index (χ1n) is 7.78. The van der Waals surface area contributed by atoms with Crippen molar-refractivity contribution < 1.29 is 9.84 Å². The molecular weight excluding hydrogens is 274 g/mol. The van der Waals surface area contributed by atoms with Gasteiger partial charge in [-0.05, 0) is 43.5 Å². The Morgan fingerprint density at radius 2 is 1.86 bits per heavy atom. The van der Waals surface area contributed by atoms with Gasteiger partial charge in [0.05, 0.1) is 0 Å². The highest BCUT2D eigenvalue weighted by Crippen LogP contribution is 2.12. The molecule has 0 aromatic heterocycles. The predicted octanol–water partition coefficient (Wildman–Crippen LogP) is 2.96. The number of ether oxygens (including phenoxy) is 1. The molecule has 2 rings (SSSR count). The zero-order valence-electron chi connectivity index (χ0n) is 13.3. The number of rotatable bonds is 8. The Labute approximate surface area is 133 Å². The lowest BCUT2D eigenvalue weighted by molar-refractivity contribution is 0.104. The van der Waals surface area contributed by atoms with E-state index in [2.05, 4.69) is 24.4 Å². The fourth-order valence-corrected chi connectivity index (χ4v) is 2.33. The lowest BCUT2D eigenvalue weighted by Crippen LogP contribution is -2.37. The smallest absolute Gasteiger partial charge is 0.119 e. The molecule has 0 aliphatic rings. The molecule has 2 aromatic carbocycles. The van der Waals surface area contributed by atoms with Gasteiger partial charge in [-0.2, -0.15) is 0 Å². The zero-order valence-corrected chi connectivity index (χ0v) is 13.3. The van der Waals surface area contributed by atoms with Crippen LogP contribution in [-0.4, -0.2) is 30.4 Å². The molecule has 2 atom stereocenters. The molecule has 0 amide bonds. The second-order valence-corrected chi connectivity index (χ2v) is 5.78. The molecule has 0 aliphatic heterocycles. The summed E-state index contributed by atoms with van der Waals surface area (Å²) in [5, 5.41) is 13.4. The second kappa shape index (κ2) is 8.57. The van der Waals surface area contributed by atoms with Crippen LogP contribution in [-0.2, 0) is 6.42 Å². The largest absolute Gasteiger partial charge is 0.491 e. The van der Waals surface area contributed by atoms with Crippen molar-refractivity contribution in [1.29, 1.82) is 0 Å². The van der Waals surface area contributed by atoms with Crippen LogP contribution in [0, 0.1) is 6.92 Å². The second-order valence-electron chi connectivity index (χ2n) is 5.78. The predicted molar refractivity (Wildman–Crippen MR) is 90.3 cm³/mol. The summed E-state index contributed by atoms with van der Waals surface area (Å²) < 4.78 is 5.61. The van der Waals surface area contributed by atoms with Crippen molar-refractivity contribution in [2.75, 3.05) is 13.2 Å². The molecule has 0 heterocycles. The standard InChI is InChI=1S/C19H25NO2/c1-15-7-6-10-19(11-15)22-14-18(21)13-20-16(2)12-17-8-4-3-5-9-17/h3-11,16,18,20-21H,12-14H2,1-2H3. The third kappa shape index (κ3) is 5.88. The van der Waals surface area contributed by atoms with Gasteiger partial charge in [0.2, 0.25) is 0 Å². The van der Waals surface area contributed by atoms with E-state index in [0.717, 1.165) is 17.7 Å². The Hall–Kier alpha value is -1.84. The quantitative estimate of drug-likeness (QED) is 0.787. The van der Waals surface area contributed by atoms with E-state index in [-0.39, 0.29) is 0 Å². The van der Waals surface area contributed by atoms with Crippen LogP contribution in [0.5, 0.6) is 5.75 Å². The molecule has 0 spiro atoms. The van der Waals surface area contributed by atoms with Crippen molar-refractivity contribution in [3.63, 3.8) is 0 Å². The summed E-state index contributed by atoms with van der Waals surface area (Å²) >= 11 is 0. The first-order valence-corrected chi connectivity index (χ1v) is 7.78. The van der Waals surface area contributed by atoms with Gasteiger partial charge < -0.3 is 15.2 Å². The van der Waals surface area contributed by atoms with Crippen molar-refractivity contribution in [2.24, 2.45) is 0 Å². The van der Waals surface area contributed by atoms with Crippen LogP contribution in [0.3, 0.4) is 0 Å². The number of hydrogen-bond donors (Lipinski definition) is 2. The highest BCUT2D eigenvalue weighted by molar-refractivity contribution is 5.27. The van der Waals surface area contributed by atoms with Gasteiger partial charge in [0, 0.05) is 12.6 Å². The Kier molecular flexibility index (Phi) is 6.44. The SMILES string of the molecule is Cc1cccc(OCC(O)CNC(C)Cc2ccccc2)c1. The normalized spacial score (nSPS) is 13.6. The molecule has 0 aliphatic carbocycles. The summed E-state index contributed by atoms with van der Waals surface area (Å²) in [4.78, 5) is 0. The number of aliphatic hydroxyl groups excluding tert-OH is 1. The van der Waals surface area contributed by atoms with Gasteiger partial charge in [0.1, 0.15) is 18.5 Å². The van der Waals surface area contributed by atoms with Gasteiger partial charge in [-0.15, -0.1) is 0 Å². The van der Waals surface area contributed by atoms with Gasteiger partial charge >= 0.3 is 0 Å². The maximum Gasteiger partial charge on any atom is 0.119 e. The Bertz CT molecular complexity index is 556. The third-order valence-electron chi connectivity index (χ3n) is 3.52. The fourth-order valence-electron chi connectivity index (χ4n) is 2.33. The highest BCUT2D eigenvalue weighted by atomic mass is 16.5. The highest BCUT2D eigenvalue weighted by Gasteiger charge is 2.08. The van der Waals surface area contributed by atoms with E-state index < -0.39 is 6.10 Å². The maximum atomic E-state index is 10.0. The van der Waals surface area contributed by atoms with Crippen LogP contribution in [0.15, 0.2) is 54.6 Å². The van der Waals surface area contributed by atoms with Crippen LogP contribution in [0.2, 0.25) is 0 Å². The van der Waals surface area contributed by atoms with E-state index in [1.54, 1.807) is 0 Å². The third-order valence-corrected chi connectivity index (χ3v) is 3.52. The van der Waals surface area contributed by atoms with Crippen LogP contribution in [0.4, 0.5) is 0 Å². The lowest BCUT2D eigenvalue weighted by atomic mass is 10.1. The van der Waals surface area contributed by atoms with E-state index in [1.165, 1.54) is 5.56 Å². The molecular formula is C19H25NO2. The molecule has 2 N–H and O–H groups in total. The summed E-state index contributed by atoms with van der Waals surface area (Å²) in [6.45, 7) is 4.98. The van der Waals surface area contributed by atoms with E-state index >= 15 is 0 Å². The summed E-state index contributed by atoms with van der Waals surface area (Å²) in [5.74, 6) is 0.802. The molecule has 0 radical (unpaired) electrons. The first-order chi connectivity index (χ1) is 10.6. The van der Waals surface area contributed by atoms with Crippen molar-refractivity contribution in [3.05, 3.63) is 65.7 Å². The summed E-state index contributed by atoms with van der Waals surface area (Å²) in [6, 6.07) is 18.5. The van der Waals surface area contributed by atoms with E-state index in [4.69, 9.17) is 4.74 Å². The Balaban J connectivity index is 1.67. The Morgan fingerprint density at radius 3 is 2.59 bits per heavy atom. The van der Waals surface area contributed by atoms with Gasteiger partial charge in [-0.1, -0.05) is 42.5 Å². The van der Waals surface area contributed by atoms with Gasteiger partial charge in [-0.25, -0.2) is 0 Å². The zero-order chi connectivity index (χ0) is 15.8. The average molecular weight is 299 g/mol. The number of aryl methyl sites for hydroxylation is 1. The first kappa shape index (κ1) is 16.5. The summed E-state index contributed by atoms with van der Waals surface area (Å²) in [6.07, 6.45) is 0.436. The van der Waals surface area contributed by atoms with Crippen molar-refractivity contribution in [1.82, 2.24) is 5.32 Å². The molecule has 0 saturated carbocycles. The number of nitrogens with one attached hydrogen (secondary N) is 1. The van der Waals surface area contributed by atoms with Crippen LogP contribution < -0.4 is 10.1 Å². The maximum absolute atomic E-state index is 10.0. The molecule has 2 unspecified atom stereocenters. The molecule has 0 saturated heterocycles. The topological polar surface area (TPSA) is 41.5 Å². The van der Waals surface area contributed by atoms with Crippen molar-refractivity contribution in [3.8, 4) is 5.75 Å². The average Bonchev–Trinajstić information content (AvgIpc) is 2.52. The van der Waals surface area contributed by atoms with Gasteiger partial charge in [-0.3, -0.25) is 0 Å². The van der Waals surface area contributed by atoms with Gasteiger partial charge in [0.25, 0.3) is 0 Å². The van der Waals surface area contributed by atoms with Crippen molar-refractivity contribution >= 4 is 0 Å². The van der Waals surface area contributed by atoms with Crippen molar-refractivity contribution in [2.45, 2.75) is 32.4 Å². The minimum absolute atomic E-state index is 0.300. The minimum atomic E-state index is -0.515. The summed E-state index contributed by atoms with van der Waals surface area (Å²) in [5.41, 5.74) is 2.45. The molecule has 0 bridgehead atoms. The molecule has 0 fully saturated rings. The van der Waals surface area contributed by atoms with Crippen LogP contribution in [0.1, 0.15) is 18.1 Å². The number of hydrogen-bond acceptors (Lipinski definition) is 3. The monoisotopic (exact) mass is 299 g/mol. The molecule has 2 aromatic rings. The number of benzene rings is 2. The lowest BCUT2D eigenvalue weighted by Gasteiger charge is -2.18. The van der Waals surface area contributed by atoms with Crippen LogP contribution >= 0.6 is 0 Å². The van der Waals surface area contributed by atoms with Gasteiger partial charge in [0.15, 0.2) is 0 Å². The van der Waals surface area contributed by atoms with E-state index in [1.807, 2.05) is 49.4 Å². The van der Waals surface area contributed by atoms with Crippen LogP contribution in [0.25, 0.3) is 0 Å². The van der Waals surface area contributed by atoms with E-state index in [0.29, 0.717) is 19.2 Å².